The van der Waals surface area contributed by atoms with E-state index in [1.165, 1.54) is 16.7 Å². The van der Waals surface area contributed by atoms with Gasteiger partial charge in [0, 0.05) is 18.5 Å². The van der Waals surface area contributed by atoms with E-state index < -0.39 is 0 Å². The molecule has 2 aliphatic rings. The number of carbonyl (C=O) groups is 1. The topological polar surface area (TPSA) is 45.1 Å². The molecule has 4 rings (SSSR count). The lowest BCUT2D eigenvalue weighted by molar-refractivity contribution is -0.122. The Morgan fingerprint density at radius 3 is 2.46 bits per heavy atom. The Hall–Kier alpha value is -2.38. The van der Waals surface area contributed by atoms with Crippen LogP contribution in [0.25, 0.3) is 0 Å². The first-order valence-corrected chi connectivity index (χ1v) is 10.8. The van der Waals surface area contributed by atoms with Crippen LogP contribution in [0.1, 0.15) is 13.8 Å². The summed E-state index contributed by atoms with van der Waals surface area (Å²) in [4.78, 5) is 23.5. The summed E-state index contributed by atoms with van der Waals surface area (Å²) >= 11 is 3.08. The van der Waals surface area contributed by atoms with Crippen molar-refractivity contribution in [1.82, 2.24) is 4.90 Å². The van der Waals surface area contributed by atoms with Gasteiger partial charge >= 0.3 is 0 Å². The molecule has 0 atom stereocenters. The molecule has 7 heteroatoms. The summed E-state index contributed by atoms with van der Waals surface area (Å²) in [5.41, 5.74) is 1.93. The number of para-hydroxylation sites is 1. The van der Waals surface area contributed by atoms with E-state index in [0.29, 0.717) is 18.3 Å². The molecule has 0 aliphatic carbocycles. The molecule has 0 bridgehead atoms. The Bertz CT molecular complexity index is 970. The third kappa shape index (κ3) is 3.40. The van der Waals surface area contributed by atoms with Crippen molar-refractivity contribution < 1.29 is 9.53 Å². The zero-order valence-electron chi connectivity index (χ0n) is 16.0. The molecule has 144 valence electrons. The molecule has 28 heavy (non-hydrogen) atoms. The van der Waals surface area contributed by atoms with Gasteiger partial charge in [-0.3, -0.25) is 9.69 Å². The first kappa shape index (κ1) is 19.0. The van der Waals surface area contributed by atoms with E-state index in [2.05, 4.69) is 17.0 Å². The van der Waals surface area contributed by atoms with Crippen LogP contribution in [0.2, 0.25) is 0 Å². The molecule has 0 saturated carbocycles. The van der Waals surface area contributed by atoms with E-state index in [9.17, 15) is 4.79 Å². The van der Waals surface area contributed by atoms with Crippen molar-refractivity contribution in [2.75, 3.05) is 25.1 Å². The number of rotatable bonds is 4. The highest BCUT2D eigenvalue weighted by Gasteiger charge is 2.38. The second-order valence-electron chi connectivity index (χ2n) is 6.24. The number of likely N-dealkylation sites (N-methyl/N-ethyl adjacent to an activating group) is 1. The van der Waals surface area contributed by atoms with Crippen molar-refractivity contribution in [3.8, 4) is 5.75 Å². The molecule has 1 saturated heterocycles. The number of nitrogens with zero attached hydrogens (tertiary/aromatic N) is 3. The lowest BCUT2D eigenvalue weighted by atomic mass is 10.3. The SMILES string of the molecule is CCOc1ccc(N=C2S/C(=C3\Sc4ccccc4N3C)C(=O)N2CC)cc1. The number of anilines is 1. The Labute approximate surface area is 173 Å². The highest BCUT2D eigenvalue weighted by Crippen LogP contribution is 2.49. The highest BCUT2D eigenvalue weighted by atomic mass is 32.2. The van der Waals surface area contributed by atoms with E-state index in [4.69, 9.17) is 9.73 Å². The van der Waals surface area contributed by atoms with Gasteiger partial charge in [-0.25, -0.2) is 4.99 Å². The second kappa shape index (κ2) is 7.93. The van der Waals surface area contributed by atoms with Gasteiger partial charge in [0.15, 0.2) is 5.17 Å². The number of hydrogen-bond donors (Lipinski definition) is 0. The van der Waals surface area contributed by atoms with Crippen LogP contribution in [0.15, 0.2) is 68.4 Å². The third-order valence-corrected chi connectivity index (χ3v) is 6.92. The van der Waals surface area contributed by atoms with Crippen molar-refractivity contribution in [2.45, 2.75) is 18.7 Å². The number of benzene rings is 2. The number of aliphatic imine (C=N–C) groups is 1. The zero-order valence-corrected chi connectivity index (χ0v) is 17.6. The molecule has 2 aromatic rings. The number of amides is 1. The van der Waals surface area contributed by atoms with Gasteiger partial charge in [-0.05, 0) is 62.0 Å². The molecule has 5 nitrogen and oxygen atoms in total. The molecule has 1 fully saturated rings. The molecule has 0 aromatic heterocycles. The van der Waals surface area contributed by atoms with E-state index >= 15 is 0 Å². The van der Waals surface area contributed by atoms with Crippen LogP contribution < -0.4 is 9.64 Å². The van der Waals surface area contributed by atoms with E-state index in [-0.39, 0.29) is 5.91 Å². The predicted molar refractivity (Wildman–Crippen MR) is 117 cm³/mol. The fourth-order valence-electron chi connectivity index (χ4n) is 3.09. The lowest BCUT2D eigenvalue weighted by Gasteiger charge is -2.15. The van der Waals surface area contributed by atoms with E-state index in [1.807, 2.05) is 57.3 Å². The van der Waals surface area contributed by atoms with Crippen molar-refractivity contribution in [3.05, 3.63) is 58.5 Å². The Kier molecular flexibility index (Phi) is 5.37. The largest absolute Gasteiger partial charge is 0.494 e. The number of amidine groups is 1. The number of hydrogen-bond acceptors (Lipinski definition) is 6. The second-order valence-corrected chi connectivity index (χ2v) is 8.24. The average Bonchev–Trinajstić information content (AvgIpc) is 3.20. The minimum Gasteiger partial charge on any atom is -0.494 e. The molecular weight excluding hydrogens is 390 g/mol. The molecule has 0 N–H and O–H groups in total. The molecule has 0 spiro atoms. The molecule has 2 heterocycles. The normalized spacial score (nSPS) is 20.2. The van der Waals surface area contributed by atoms with Crippen LogP contribution in [0, 0.1) is 0 Å². The molecule has 0 unspecified atom stereocenters. The Balaban J connectivity index is 1.66. The Morgan fingerprint density at radius 2 is 1.79 bits per heavy atom. The van der Waals surface area contributed by atoms with Gasteiger partial charge in [-0.2, -0.15) is 0 Å². The molecule has 0 radical (unpaired) electrons. The van der Waals surface area contributed by atoms with Gasteiger partial charge in [0.05, 0.1) is 23.0 Å². The van der Waals surface area contributed by atoms with Crippen molar-refractivity contribution in [1.29, 1.82) is 0 Å². The third-order valence-electron chi connectivity index (χ3n) is 4.48. The van der Waals surface area contributed by atoms with Gasteiger partial charge in [0.25, 0.3) is 5.91 Å². The monoisotopic (exact) mass is 411 g/mol. The number of ether oxygens (including phenoxy) is 1. The summed E-state index contributed by atoms with van der Waals surface area (Å²) in [5.74, 6) is 0.831. The van der Waals surface area contributed by atoms with Crippen LogP contribution in [0.5, 0.6) is 5.75 Å². The fourth-order valence-corrected chi connectivity index (χ4v) is 5.50. The smallest absolute Gasteiger partial charge is 0.269 e. The number of thioether (sulfide) groups is 2. The quantitative estimate of drug-likeness (QED) is 0.657. The van der Waals surface area contributed by atoms with Gasteiger partial charge in [0.2, 0.25) is 0 Å². The number of carbonyl (C=O) groups excluding carboxylic acids is 1. The van der Waals surface area contributed by atoms with Crippen molar-refractivity contribution in [2.24, 2.45) is 4.99 Å². The van der Waals surface area contributed by atoms with Crippen molar-refractivity contribution in [3.63, 3.8) is 0 Å². The summed E-state index contributed by atoms with van der Waals surface area (Å²) in [6.45, 7) is 5.14. The molecular formula is C21H21N3O2S2. The highest BCUT2D eigenvalue weighted by molar-refractivity contribution is 8.19. The van der Waals surface area contributed by atoms with Gasteiger partial charge in [0.1, 0.15) is 10.7 Å². The standard InChI is InChI=1S/C21H21N3O2S2/c1-4-24-19(25)18(20-23(3)16-8-6-7-9-17(16)27-20)28-21(24)22-14-10-12-15(13-11-14)26-5-2/h6-13H,4-5H2,1-3H3/b20-18-,22-21?. The van der Waals surface area contributed by atoms with Gasteiger partial charge in [-0.1, -0.05) is 23.9 Å². The summed E-state index contributed by atoms with van der Waals surface area (Å²) in [6, 6.07) is 15.8. The maximum atomic E-state index is 13.1. The van der Waals surface area contributed by atoms with Crippen LogP contribution in [-0.4, -0.2) is 36.2 Å². The molecule has 1 amide bonds. The van der Waals surface area contributed by atoms with Gasteiger partial charge in [-0.15, -0.1) is 0 Å². The first-order valence-electron chi connectivity index (χ1n) is 9.18. The van der Waals surface area contributed by atoms with Gasteiger partial charge < -0.3 is 9.64 Å². The summed E-state index contributed by atoms with van der Waals surface area (Å²) in [7, 11) is 2.01. The predicted octanol–water partition coefficient (Wildman–Crippen LogP) is 5.08. The van der Waals surface area contributed by atoms with Crippen LogP contribution >= 0.6 is 23.5 Å². The maximum Gasteiger partial charge on any atom is 0.269 e. The first-order chi connectivity index (χ1) is 13.6. The number of fused-ring (bicyclic) bond motifs is 1. The summed E-state index contributed by atoms with van der Waals surface area (Å²) in [6.07, 6.45) is 0. The minimum atomic E-state index is 0.0133. The fraction of sp³-hybridized carbons (Fsp3) is 0.238. The summed E-state index contributed by atoms with van der Waals surface area (Å²) in [5, 5.41) is 1.68. The van der Waals surface area contributed by atoms with Crippen molar-refractivity contribution >= 4 is 46.0 Å². The Morgan fingerprint density at radius 1 is 1.04 bits per heavy atom. The van der Waals surface area contributed by atoms with Crippen LogP contribution in [0.3, 0.4) is 0 Å². The minimum absolute atomic E-state index is 0.0133. The maximum absolute atomic E-state index is 13.1. The zero-order chi connectivity index (χ0) is 19.7. The lowest BCUT2D eigenvalue weighted by Crippen LogP contribution is -2.29. The van der Waals surface area contributed by atoms with Crippen LogP contribution in [-0.2, 0) is 4.79 Å². The average molecular weight is 412 g/mol. The summed E-state index contributed by atoms with van der Waals surface area (Å²) < 4.78 is 5.48. The van der Waals surface area contributed by atoms with E-state index in [0.717, 1.165) is 27.1 Å². The van der Waals surface area contributed by atoms with E-state index in [1.54, 1.807) is 16.7 Å². The van der Waals surface area contributed by atoms with Crippen LogP contribution in [0.4, 0.5) is 11.4 Å². The molecule has 2 aliphatic heterocycles. The molecule has 2 aromatic carbocycles.